The molecule has 1 aromatic heterocycles. The molecule has 1 aromatic carbocycles. The number of methoxy groups -OCH3 is 1. The van der Waals surface area contributed by atoms with E-state index in [4.69, 9.17) is 4.74 Å². The first kappa shape index (κ1) is 14.9. The summed E-state index contributed by atoms with van der Waals surface area (Å²) in [5.41, 5.74) is 0.693. The summed E-state index contributed by atoms with van der Waals surface area (Å²) >= 11 is 1.53. The van der Waals surface area contributed by atoms with Gasteiger partial charge in [0, 0.05) is 0 Å². The van der Waals surface area contributed by atoms with E-state index in [9.17, 15) is 8.78 Å². The molecular weight excluding hydrogens is 280 g/mol. The molecule has 1 atom stereocenters. The molecule has 1 unspecified atom stereocenters. The van der Waals surface area contributed by atoms with Gasteiger partial charge < -0.3 is 10.1 Å². The molecule has 0 fully saturated rings. The molecule has 1 N–H and O–H groups in total. The summed E-state index contributed by atoms with van der Waals surface area (Å²) in [5, 5.41) is 5.28. The van der Waals surface area contributed by atoms with Gasteiger partial charge in [0.05, 0.1) is 18.0 Å². The Kier molecular flexibility index (Phi) is 5.09. The van der Waals surface area contributed by atoms with Crippen molar-refractivity contribution in [3.05, 3.63) is 51.7 Å². The predicted molar refractivity (Wildman–Crippen MR) is 77.4 cm³/mol. The van der Waals surface area contributed by atoms with E-state index in [0.717, 1.165) is 29.7 Å². The van der Waals surface area contributed by atoms with Crippen molar-refractivity contribution in [2.45, 2.75) is 19.4 Å². The Morgan fingerprint density at radius 3 is 2.70 bits per heavy atom. The molecule has 2 aromatic rings. The van der Waals surface area contributed by atoms with Crippen molar-refractivity contribution < 1.29 is 13.5 Å². The molecule has 0 spiro atoms. The fourth-order valence-corrected chi connectivity index (χ4v) is 2.99. The van der Waals surface area contributed by atoms with E-state index in [2.05, 4.69) is 12.2 Å². The van der Waals surface area contributed by atoms with Crippen LogP contribution in [0, 0.1) is 11.6 Å². The minimum Gasteiger partial charge on any atom is -0.496 e. The Hall–Kier alpha value is -1.46. The molecule has 2 rings (SSSR count). The van der Waals surface area contributed by atoms with E-state index in [1.54, 1.807) is 13.2 Å². The maximum atomic E-state index is 13.5. The lowest BCUT2D eigenvalue weighted by Crippen LogP contribution is -2.23. The second kappa shape index (κ2) is 6.81. The molecule has 0 saturated heterocycles. The van der Waals surface area contributed by atoms with Crippen molar-refractivity contribution in [3.63, 3.8) is 0 Å². The van der Waals surface area contributed by atoms with Crippen molar-refractivity contribution in [1.29, 1.82) is 0 Å². The van der Waals surface area contributed by atoms with Gasteiger partial charge >= 0.3 is 0 Å². The van der Waals surface area contributed by atoms with Gasteiger partial charge in [0.1, 0.15) is 5.75 Å². The van der Waals surface area contributed by atoms with Crippen LogP contribution in [0.25, 0.3) is 0 Å². The number of benzene rings is 1. The quantitative estimate of drug-likeness (QED) is 0.866. The zero-order chi connectivity index (χ0) is 14.5. The van der Waals surface area contributed by atoms with Crippen LogP contribution in [0.5, 0.6) is 5.75 Å². The fraction of sp³-hybridized carbons (Fsp3) is 0.333. The van der Waals surface area contributed by atoms with Crippen LogP contribution in [0.3, 0.4) is 0 Å². The number of halogens is 2. The van der Waals surface area contributed by atoms with Crippen LogP contribution in [0.15, 0.2) is 29.6 Å². The molecule has 0 amide bonds. The third kappa shape index (κ3) is 3.16. The second-order valence-electron chi connectivity index (χ2n) is 4.41. The first-order chi connectivity index (χ1) is 9.67. The van der Waals surface area contributed by atoms with Crippen LogP contribution in [-0.2, 0) is 0 Å². The molecule has 5 heteroatoms. The molecule has 0 aliphatic heterocycles. The lowest BCUT2D eigenvalue weighted by molar-refractivity contribution is 0.407. The summed E-state index contributed by atoms with van der Waals surface area (Å²) in [6.07, 6.45) is 0.952. The smallest absolute Gasteiger partial charge is 0.159 e. The molecule has 0 saturated carbocycles. The lowest BCUT2D eigenvalue weighted by Gasteiger charge is -2.19. The Morgan fingerprint density at radius 1 is 1.25 bits per heavy atom. The number of hydrogen-bond acceptors (Lipinski definition) is 3. The van der Waals surface area contributed by atoms with Crippen LogP contribution in [0.1, 0.15) is 29.8 Å². The number of thiophene rings is 1. The van der Waals surface area contributed by atoms with Crippen LogP contribution in [0.4, 0.5) is 8.78 Å². The van der Waals surface area contributed by atoms with Crippen molar-refractivity contribution >= 4 is 11.3 Å². The van der Waals surface area contributed by atoms with E-state index in [1.165, 1.54) is 17.4 Å². The molecule has 0 aliphatic rings. The normalized spacial score (nSPS) is 12.4. The van der Waals surface area contributed by atoms with Gasteiger partial charge in [-0.15, -0.1) is 11.3 Å². The highest BCUT2D eigenvalue weighted by molar-refractivity contribution is 7.10. The van der Waals surface area contributed by atoms with Gasteiger partial charge in [-0.05, 0) is 42.1 Å². The van der Waals surface area contributed by atoms with Crippen molar-refractivity contribution in [2.75, 3.05) is 13.7 Å². The molecule has 1 heterocycles. The summed E-state index contributed by atoms with van der Waals surface area (Å²) in [5.74, 6) is -0.907. The zero-order valence-corrected chi connectivity index (χ0v) is 12.3. The number of ether oxygens (including phenoxy) is 1. The molecule has 108 valence electrons. The maximum absolute atomic E-state index is 13.5. The van der Waals surface area contributed by atoms with Gasteiger partial charge in [-0.1, -0.05) is 13.0 Å². The highest BCUT2D eigenvalue weighted by Crippen LogP contribution is 2.35. The molecule has 0 aliphatic carbocycles. The average Bonchev–Trinajstić information content (AvgIpc) is 2.91. The molecule has 20 heavy (non-hydrogen) atoms. The van der Waals surface area contributed by atoms with Gasteiger partial charge in [-0.3, -0.25) is 0 Å². The van der Waals surface area contributed by atoms with Gasteiger partial charge in [0.2, 0.25) is 0 Å². The summed E-state index contributed by atoms with van der Waals surface area (Å²) in [6.45, 7) is 2.84. The van der Waals surface area contributed by atoms with Crippen molar-refractivity contribution in [3.8, 4) is 5.75 Å². The third-order valence-corrected chi connectivity index (χ3v) is 3.98. The summed E-state index contributed by atoms with van der Waals surface area (Å²) in [4.78, 5) is 0.965. The average molecular weight is 297 g/mol. The molecule has 2 nitrogen and oxygen atoms in total. The van der Waals surface area contributed by atoms with Crippen LogP contribution in [-0.4, -0.2) is 13.7 Å². The van der Waals surface area contributed by atoms with Crippen LogP contribution >= 0.6 is 11.3 Å². The van der Waals surface area contributed by atoms with E-state index in [-0.39, 0.29) is 6.04 Å². The van der Waals surface area contributed by atoms with Crippen molar-refractivity contribution in [1.82, 2.24) is 5.32 Å². The molecule has 0 radical (unpaired) electrons. The minimum atomic E-state index is -0.832. The highest BCUT2D eigenvalue weighted by atomic mass is 32.1. The second-order valence-corrected chi connectivity index (χ2v) is 5.36. The predicted octanol–water partition coefficient (Wildman–Crippen LogP) is 4.12. The topological polar surface area (TPSA) is 21.3 Å². The molecular formula is C15H17F2NOS. The van der Waals surface area contributed by atoms with E-state index < -0.39 is 11.6 Å². The number of rotatable bonds is 6. The van der Waals surface area contributed by atoms with E-state index >= 15 is 0 Å². The van der Waals surface area contributed by atoms with E-state index in [0.29, 0.717) is 5.56 Å². The summed E-state index contributed by atoms with van der Waals surface area (Å²) in [6, 6.07) is 5.68. The van der Waals surface area contributed by atoms with Crippen molar-refractivity contribution in [2.24, 2.45) is 0 Å². The van der Waals surface area contributed by atoms with Gasteiger partial charge in [0.25, 0.3) is 0 Å². The Balaban J connectivity index is 2.38. The number of nitrogens with one attached hydrogen (secondary N) is 1. The fourth-order valence-electron chi connectivity index (χ4n) is 2.03. The third-order valence-electron chi connectivity index (χ3n) is 3.01. The SMILES string of the molecule is CCCNC(c1ccc(F)c(F)c1)c1sccc1OC. The summed E-state index contributed by atoms with van der Waals surface area (Å²) in [7, 11) is 1.60. The Labute approximate surface area is 121 Å². The number of hydrogen-bond donors (Lipinski definition) is 1. The standard InChI is InChI=1S/C15H17F2NOS/c1-3-7-18-14(15-13(19-2)6-8-20-15)10-4-5-11(16)12(17)9-10/h4-6,8-9,14,18H,3,7H2,1-2H3. The lowest BCUT2D eigenvalue weighted by atomic mass is 10.0. The monoisotopic (exact) mass is 297 g/mol. The minimum absolute atomic E-state index is 0.194. The maximum Gasteiger partial charge on any atom is 0.159 e. The largest absolute Gasteiger partial charge is 0.496 e. The zero-order valence-electron chi connectivity index (χ0n) is 11.5. The van der Waals surface area contributed by atoms with Crippen LogP contribution < -0.4 is 10.1 Å². The van der Waals surface area contributed by atoms with Crippen LogP contribution in [0.2, 0.25) is 0 Å². The Bertz CT molecular complexity index is 571. The van der Waals surface area contributed by atoms with E-state index in [1.807, 2.05) is 11.4 Å². The highest BCUT2D eigenvalue weighted by Gasteiger charge is 2.20. The van der Waals surface area contributed by atoms with Gasteiger partial charge in [0.15, 0.2) is 11.6 Å². The first-order valence-electron chi connectivity index (χ1n) is 6.47. The van der Waals surface area contributed by atoms with Gasteiger partial charge in [-0.2, -0.15) is 0 Å². The molecule has 0 bridgehead atoms. The Morgan fingerprint density at radius 2 is 2.05 bits per heavy atom. The van der Waals surface area contributed by atoms with Gasteiger partial charge in [-0.25, -0.2) is 8.78 Å². The summed E-state index contributed by atoms with van der Waals surface area (Å²) < 4.78 is 31.9. The first-order valence-corrected chi connectivity index (χ1v) is 7.35.